The van der Waals surface area contributed by atoms with Crippen LogP contribution in [0.25, 0.3) is 0 Å². The molecular weight excluding hydrogens is 139 g/mol. The molecule has 58 valence electrons. The van der Waals surface area contributed by atoms with Crippen LogP contribution in [0.2, 0.25) is 0 Å². The smallest absolute Gasteiger partial charge is 0.320 e. The molecule has 0 aromatic heterocycles. The Balaban J connectivity index is 3.92. The highest BCUT2D eigenvalue weighted by atomic mass is 16.4. The molecule has 0 amide bonds. The van der Waals surface area contributed by atoms with Gasteiger partial charge in [0.15, 0.2) is 0 Å². The number of hydrogen-bond donors (Lipinski definition) is 3. The Morgan fingerprint density at radius 2 is 2.10 bits per heavy atom. The minimum Gasteiger partial charge on any atom is -0.481 e. The average molecular weight is 149 g/mol. The largest absolute Gasteiger partial charge is 0.481 e. The normalized spacial score (nSPS) is 17.1. The van der Waals surface area contributed by atoms with Gasteiger partial charge in [0.1, 0.15) is 6.04 Å². The van der Waals surface area contributed by atoms with Crippen LogP contribution < -0.4 is 5.73 Å². The zero-order valence-electron chi connectivity index (χ0n) is 6.15. The van der Waals surface area contributed by atoms with Crippen LogP contribution in [-0.2, 0) is 9.59 Å². The Morgan fingerprint density at radius 1 is 1.60 bits per heavy atom. The summed E-state index contributed by atoms with van der Waals surface area (Å²) in [4.78, 5) is 20.1. The van der Waals surface area contributed by atoms with E-state index in [1.165, 1.54) is 0 Å². The standard InChI is InChI=1S/C5H9NO4/c6-3(5(9)10)1-2-4(7)8/h3H,1-2,6H2,(H,7,8)(H,9,10)/t3-/m0/s1/i1D,3+1/t1-,3-. The summed E-state index contributed by atoms with van der Waals surface area (Å²) >= 11 is 0. The van der Waals surface area contributed by atoms with Gasteiger partial charge in [-0.1, -0.05) is 0 Å². The fourth-order valence-electron chi connectivity index (χ4n) is 0.329. The van der Waals surface area contributed by atoms with Crippen LogP contribution in [0.4, 0.5) is 0 Å². The molecule has 2 atom stereocenters. The summed E-state index contributed by atoms with van der Waals surface area (Å²) in [6.07, 6.45) is -1.84. The lowest BCUT2D eigenvalue weighted by molar-refractivity contribution is -0.139. The Kier molecular flexibility index (Phi) is 2.69. The molecule has 0 aromatic carbocycles. The molecule has 0 unspecified atom stereocenters. The monoisotopic (exact) mass is 149 g/mol. The van der Waals surface area contributed by atoms with E-state index in [0.717, 1.165) is 0 Å². The number of carbonyl (C=O) groups is 2. The number of nitrogens with two attached hydrogens (primary N) is 1. The zero-order valence-corrected chi connectivity index (χ0v) is 5.15. The Labute approximate surface area is 58.9 Å². The van der Waals surface area contributed by atoms with Gasteiger partial charge in [-0.05, 0) is 6.40 Å². The van der Waals surface area contributed by atoms with Gasteiger partial charge in [-0.15, -0.1) is 0 Å². The first kappa shape index (κ1) is 7.01. The molecule has 0 saturated carbocycles. The van der Waals surface area contributed by atoms with E-state index in [1.807, 2.05) is 0 Å². The molecule has 0 radical (unpaired) electrons. The summed E-state index contributed by atoms with van der Waals surface area (Å²) in [5.41, 5.74) is 4.96. The van der Waals surface area contributed by atoms with Crippen LogP contribution in [0.1, 0.15) is 14.2 Å². The lowest BCUT2D eigenvalue weighted by Gasteiger charge is -2.01. The van der Waals surface area contributed by atoms with E-state index in [0.29, 0.717) is 0 Å². The Bertz CT molecular complexity index is 172. The summed E-state index contributed by atoms with van der Waals surface area (Å²) in [6, 6.07) is -1.42. The van der Waals surface area contributed by atoms with Crippen LogP contribution in [0.3, 0.4) is 0 Å². The van der Waals surface area contributed by atoms with Crippen molar-refractivity contribution in [1.29, 1.82) is 0 Å². The van der Waals surface area contributed by atoms with Crippen LogP contribution in [0.5, 0.6) is 0 Å². The highest BCUT2D eigenvalue weighted by Gasteiger charge is 2.12. The number of carboxylic acids is 2. The molecule has 10 heavy (non-hydrogen) atoms. The molecule has 0 spiro atoms. The van der Waals surface area contributed by atoms with Crippen molar-refractivity contribution in [1.82, 2.24) is 0 Å². The van der Waals surface area contributed by atoms with Gasteiger partial charge >= 0.3 is 11.9 Å². The summed E-state index contributed by atoms with van der Waals surface area (Å²) in [6.45, 7) is 0. The van der Waals surface area contributed by atoms with Crippen LogP contribution in [0.15, 0.2) is 0 Å². The Morgan fingerprint density at radius 3 is 2.40 bits per heavy atom. The van der Waals surface area contributed by atoms with E-state index >= 15 is 0 Å². The molecular formula is C5H9NO4. The fraction of sp³-hybridized carbons (Fsp3) is 0.600. The maximum Gasteiger partial charge on any atom is 0.320 e. The molecule has 0 aliphatic carbocycles. The highest BCUT2D eigenvalue weighted by molar-refractivity contribution is 5.74. The lowest BCUT2D eigenvalue weighted by Crippen LogP contribution is -2.30. The minimum atomic E-state index is -1.42. The Hall–Kier alpha value is -1.10. The van der Waals surface area contributed by atoms with Gasteiger partial charge in [0.2, 0.25) is 0 Å². The molecule has 0 aliphatic heterocycles. The molecule has 0 bridgehead atoms. The summed E-state index contributed by atoms with van der Waals surface area (Å²) in [5, 5.41) is 16.4. The first-order chi connectivity index (χ1) is 4.95. The van der Waals surface area contributed by atoms with Gasteiger partial charge in [-0.25, -0.2) is 0 Å². The van der Waals surface area contributed by atoms with Gasteiger partial charge < -0.3 is 15.9 Å². The zero-order chi connectivity index (χ0) is 9.02. The van der Waals surface area contributed by atoms with Crippen LogP contribution in [-0.4, -0.2) is 28.2 Å². The predicted octanol–water partition coefficient (Wildman–Crippen LogP) is -0.737. The van der Waals surface area contributed by atoms with Crippen LogP contribution >= 0.6 is 0 Å². The molecule has 0 rings (SSSR count). The molecule has 5 nitrogen and oxygen atoms in total. The molecule has 0 aromatic rings. The number of carboxylic acid groups (broad SMARTS) is 2. The van der Waals surface area contributed by atoms with Crippen molar-refractivity contribution in [2.75, 3.05) is 0 Å². The van der Waals surface area contributed by atoms with Gasteiger partial charge in [0.05, 0.1) is 0 Å². The van der Waals surface area contributed by atoms with E-state index in [9.17, 15) is 9.59 Å². The average Bonchev–Trinajstić information content (AvgIpc) is 1.84. The third-order valence-electron chi connectivity index (χ3n) is 0.832. The van der Waals surface area contributed by atoms with Crippen molar-refractivity contribution < 1.29 is 21.2 Å². The highest BCUT2D eigenvalue weighted by Crippen LogP contribution is 1.93. The van der Waals surface area contributed by atoms with Gasteiger partial charge in [0, 0.05) is 7.79 Å². The van der Waals surface area contributed by atoms with E-state index in [2.05, 4.69) is 0 Å². The predicted molar refractivity (Wildman–Crippen MR) is 32.5 cm³/mol. The van der Waals surface area contributed by atoms with Crippen molar-refractivity contribution in [2.24, 2.45) is 5.73 Å². The topological polar surface area (TPSA) is 101 Å². The van der Waals surface area contributed by atoms with Crippen molar-refractivity contribution in [2.45, 2.75) is 18.9 Å². The van der Waals surface area contributed by atoms with Crippen molar-refractivity contribution >= 4 is 11.9 Å². The maximum atomic E-state index is 10.1. The lowest BCUT2D eigenvalue weighted by atomic mass is 10.4. The van der Waals surface area contributed by atoms with E-state index in [1.54, 1.807) is 0 Å². The second-order valence-electron chi connectivity index (χ2n) is 1.70. The molecule has 0 heterocycles. The van der Waals surface area contributed by atoms with E-state index in [4.69, 9.17) is 17.3 Å². The summed E-state index contributed by atoms with van der Waals surface area (Å²) in [7, 11) is 0. The van der Waals surface area contributed by atoms with Gasteiger partial charge in [-0.3, -0.25) is 9.59 Å². The molecule has 0 saturated heterocycles. The third kappa shape index (κ3) is 3.85. The molecule has 4 N–H and O–H groups in total. The maximum absolute atomic E-state index is 10.1. The molecule has 0 fully saturated rings. The van der Waals surface area contributed by atoms with Crippen molar-refractivity contribution in [3.8, 4) is 0 Å². The number of hydrogen-bond acceptors (Lipinski definition) is 3. The third-order valence-corrected chi connectivity index (χ3v) is 0.832. The van der Waals surface area contributed by atoms with E-state index in [-0.39, 0.29) is 0 Å². The van der Waals surface area contributed by atoms with Crippen molar-refractivity contribution in [3.63, 3.8) is 0 Å². The SMILES string of the molecule is [2H][C@@H](CC(=O)O)[13C@H](N)C(=O)O. The summed E-state index contributed by atoms with van der Waals surface area (Å²) in [5.74, 6) is -2.58. The number of aliphatic carboxylic acids is 2. The quantitative estimate of drug-likeness (QED) is 0.457. The van der Waals surface area contributed by atoms with E-state index < -0.39 is 30.8 Å². The van der Waals surface area contributed by atoms with Crippen molar-refractivity contribution in [3.05, 3.63) is 0 Å². The minimum absolute atomic E-state index is 0.548. The second kappa shape index (κ2) is 3.84. The fourth-order valence-corrected chi connectivity index (χ4v) is 0.329. The van der Waals surface area contributed by atoms with Crippen LogP contribution in [0, 0.1) is 0 Å². The second-order valence-corrected chi connectivity index (χ2v) is 1.70. The first-order valence-electron chi connectivity index (χ1n) is 3.15. The first-order valence-corrected chi connectivity index (χ1v) is 2.57. The molecule has 0 aliphatic rings. The van der Waals surface area contributed by atoms with Gasteiger partial charge in [0.25, 0.3) is 0 Å². The number of rotatable bonds is 4. The van der Waals surface area contributed by atoms with Gasteiger partial charge in [-0.2, -0.15) is 0 Å². The molecule has 5 heteroatoms. The summed E-state index contributed by atoms with van der Waals surface area (Å²) < 4.78 is 6.95.